The fourth-order valence-electron chi connectivity index (χ4n) is 2.72. The van der Waals surface area contributed by atoms with Crippen LogP contribution in [0.15, 0.2) is 24.3 Å². The number of benzene rings is 1. The van der Waals surface area contributed by atoms with Gasteiger partial charge in [-0.3, -0.25) is 0 Å². The van der Waals surface area contributed by atoms with Crippen LogP contribution in [-0.4, -0.2) is 41.7 Å². The van der Waals surface area contributed by atoms with Gasteiger partial charge in [-0.25, -0.2) is 4.79 Å². The second-order valence-electron chi connectivity index (χ2n) is 5.81. The molecule has 1 fully saturated rings. The van der Waals surface area contributed by atoms with E-state index in [1.165, 1.54) is 38.8 Å². The molecule has 1 aliphatic rings. The molecule has 0 amide bonds. The number of ether oxygens (including phenoxy) is 1. The van der Waals surface area contributed by atoms with Gasteiger partial charge in [0, 0.05) is 6.54 Å². The highest BCUT2D eigenvalue weighted by molar-refractivity contribution is 5.87. The Morgan fingerprint density at radius 3 is 2.67 bits per heavy atom. The van der Waals surface area contributed by atoms with Crippen molar-refractivity contribution in [1.29, 1.82) is 0 Å². The monoisotopic (exact) mass is 291 g/mol. The van der Waals surface area contributed by atoms with Crippen LogP contribution in [0, 0.1) is 0 Å². The number of aromatic carboxylic acids is 1. The van der Waals surface area contributed by atoms with E-state index in [0.717, 1.165) is 13.0 Å². The van der Waals surface area contributed by atoms with Crippen molar-refractivity contribution >= 4 is 5.97 Å². The Hall–Kier alpha value is -1.55. The Bertz CT molecular complexity index is 453. The van der Waals surface area contributed by atoms with Gasteiger partial charge in [-0.05, 0) is 57.5 Å². The lowest BCUT2D eigenvalue weighted by molar-refractivity contribution is 0.0696. The van der Waals surface area contributed by atoms with Crippen LogP contribution >= 0.6 is 0 Å². The largest absolute Gasteiger partial charge is 0.491 e. The summed E-state index contributed by atoms with van der Waals surface area (Å²) >= 11 is 0. The maximum absolute atomic E-state index is 10.9. The third-order valence-corrected chi connectivity index (χ3v) is 3.97. The average molecular weight is 291 g/mol. The first kappa shape index (κ1) is 15.8. The second kappa shape index (κ2) is 8.03. The molecular formula is C17H25NO3. The van der Waals surface area contributed by atoms with E-state index in [1.807, 2.05) is 13.0 Å². The molecule has 1 aromatic carbocycles. The zero-order valence-corrected chi connectivity index (χ0v) is 12.8. The Balaban J connectivity index is 1.79. The van der Waals surface area contributed by atoms with Crippen molar-refractivity contribution in [3.05, 3.63) is 29.8 Å². The van der Waals surface area contributed by atoms with Crippen molar-refractivity contribution in [2.24, 2.45) is 0 Å². The van der Waals surface area contributed by atoms with Gasteiger partial charge in [0.2, 0.25) is 0 Å². The van der Waals surface area contributed by atoms with Crippen LogP contribution in [0.5, 0.6) is 5.75 Å². The summed E-state index contributed by atoms with van der Waals surface area (Å²) in [5, 5.41) is 8.98. The highest BCUT2D eigenvalue weighted by atomic mass is 16.5. The predicted octanol–water partition coefficient (Wildman–Crippen LogP) is 3.42. The summed E-state index contributed by atoms with van der Waals surface area (Å²) in [5.74, 6) is -0.282. The molecule has 0 bridgehead atoms. The summed E-state index contributed by atoms with van der Waals surface area (Å²) in [4.78, 5) is 13.5. The molecule has 0 radical (unpaired) electrons. The van der Waals surface area contributed by atoms with Crippen molar-refractivity contribution < 1.29 is 14.6 Å². The zero-order valence-electron chi connectivity index (χ0n) is 12.8. The van der Waals surface area contributed by atoms with Crippen LogP contribution in [0.25, 0.3) is 0 Å². The van der Waals surface area contributed by atoms with Crippen LogP contribution in [0.3, 0.4) is 0 Å². The minimum absolute atomic E-state index is 0.0947. The summed E-state index contributed by atoms with van der Waals surface area (Å²) in [6.07, 6.45) is 6.37. The van der Waals surface area contributed by atoms with Crippen molar-refractivity contribution in [1.82, 2.24) is 4.90 Å². The molecule has 0 aromatic heterocycles. The van der Waals surface area contributed by atoms with Gasteiger partial charge in [-0.2, -0.15) is 0 Å². The van der Waals surface area contributed by atoms with Crippen LogP contribution in [0.4, 0.5) is 0 Å². The first-order chi connectivity index (χ1) is 10.1. The molecule has 116 valence electrons. The summed E-state index contributed by atoms with van der Waals surface area (Å²) < 4.78 is 5.84. The average Bonchev–Trinajstić information content (AvgIpc) is 2.74. The standard InChI is InChI=1S/C17H25NO3/c1-14(9-12-18-10-4-2-3-5-11-18)21-16-8-6-7-15(13-16)17(19)20/h6-8,13-14H,2-5,9-12H2,1H3,(H,19,20). The Kier molecular flexibility index (Phi) is 6.05. The van der Waals surface area contributed by atoms with Crippen molar-refractivity contribution in [2.45, 2.75) is 45.1 Å². The SMILES string of the molecule is CC(CCN1CCCCCC1)Oc1cccc(C(=O)O)c1. The van der Waals surface area contributed by atoms with Gasteiger partial charge < -0.3 is 14.7 Å². The fourth-order valence-corrected chi connectivity index (χ4v) is 2.72. The molecule has 4 nitrogen and oxygen atoms in total. The fraction of sp³-hybridized carbons (Fsp3) is 0.588. The van der Waals surface area contributed by atoms with Gasteiger partial charge in [0.05, 0.1) is 11.7 Å². The van der Waals surface area contributed by atoms with Crippen molar-refractivity contribution in [3.63, 3.8) is 0 Å². The number of carboxylic acid groups (broad SMARTS) is 1. The number of hydrogen-bond acceptors (Lipinski definition) is 3. The Morgan fingerprint density at radius 2 is 2.00 bits per heavy atom. The molecule has 1 N–H and O–H groups in total. The van der Waals surface area contributed by atoms with Crippen LogP contribution in [-0.2, 0) is 0 Å². The molecule has 2 rings (SSSR count). The highest BCUT2D eigenvalue weighted by Crippen LogP contribution is 2.17. The molecule has 1 atom stereocenters. The minimum atomic E-state index is -0.919. The zero-order chi connectivity index (χ0) is 15.1. The number of nitrogens with zero attached hydrogens (tertiary/aromatic N) is 1. The molecule has 1 unspecified atom stereocenters. The summed E-state index contributed by atoms with van der Waals surface area (Å²) in [5.41, 5.74) is 0.271. The Labute approximate surface area is 126 Å². The maximum atomic E-state index is 10.9. The molecule has 1 aromatic rings. The first-order valence-electron chi connectivity index (χ1n) is 7.87. The third kappa shape index (κ3) is 5.38. The number of hydrogen-bond donors (Lipinski definition) is 1. The van der Waals surface area contributed by atoms with Crippen LogP contribution in [0.1, 0.15) is 49.4 Å². The molecule has 1 aliphatic heterocycles. The lowest BCUT2D eigenvalue weighted by Crippen LogP contribution is -2.29. The van der Waals surface area contributed by atoms with Gasteiger partial charge in [-0.1, -0.05) is 18.9 Å². The van der Waals surface area contributed by atoms with E-state index in [0.29, 0.717) is 5.75 Å². The van der Waals surface area contributed by atoms with Crippen LogP contribution in [0.2, 0.25) is 0 Å². The van der Waals surface area contributed by atoms with Crippen molar-refractivity contribution in [2.75, 3.05) is 19.6 Å². The van der Waals surface area contributed by atoms with E-state index in [-0.39, 0.29) is 11.7 Å². The molecule has 4 heteroatoms. The summed E-state index contributed by atoms with van der Waals surface area (Å²) in [6, 6.07) is 6.71. The number of rotatable bonds is 6. The third-order valence-electron chi connectivity index (χ3n) is 3.97. The number of carbonyl (C=O) groups is 1. The molecule has 0 saturated carbocycles. The van der Waals surface area contributed by atoms with E-state index in [4.69, 9.17) is 9.84 Å². The lowest BCUT2D eigenvalue weighted by Gasteiger charge is -2.22. The molecule has 1 heterocycles. The molecule has 1 saturated heterocycles. The van der Waals surface area contributed by atoms with Gasteiger partial charge in [-0.15, -0.1) is 0 Å². The van der Waals surface area contributed by atoms with Gasteiger partial charge >= 0.3 is 5.97 Å². The lowest BCUT2D eigenvalue weighted by atomic mass is 10.2. The number of carboxylic acids is 1. The molecule has 0 spiro atoms. The summed E-state index contributed by atoms with van der Waals surface area (Å²) in [7, 11) is 0. The minimum Gasteiger partial charge on any atom is -0.491 e. The second-order valence-corrected chi connectivity index (χ2v) is 5.81. The van der Waals surface area contributed by atoms with E-state index >= 15 is 0 Å². The van der Waals surface area contributed by atoms with E-state index in [1.54, 1.807) is 18.2 Å². The van der Waals surface area contributed by atoms with Gasteiger partial charge in [0.1, 0.15) is 5.75 Å². The van der Waals surface area contributed by atoms with Crippen LogP contribution < -0.4 is 4.74 Å². The van der Waals surface area contributed by atoms with Crippen molar-refractivity contribution in [3.8, 4) is 5.75 Å². The smallest absolute Gasteiger partial charge is 0.335 e. The van der Waals surface area contributed by atoms with E-state index < -0.39 is 5.97 Å². The normalized spacial score (nSPS) is 18.0. The predicted molar refractivity (Wildman–Crippen MR) is 83.0 cm³/mol. The first-order valence-corrected chi connectivity index (χ1v) is 7.87. The molecular weight excluding hydrogens is 266 g/mol. The van der Waals surface area contributed by atoms with Gasteiger partial charge in [0.25, 0.3) is 0 Å². The summed E-state index contributed by atoms with van der Waals surface area (Å²) in [6.45, 7) is 5.49. The Morgan fingerprint density at radius 1 is 1.29 bits per heavy atom. The number of likely N-dealkylation sites (tertiary alicyclic amines) is 1. The quantitative estimate of drug-likeness (QED) is 0.872. The highest BCUT2D eigenvalue weighted by Gasteiger charge is 2.12. The van der Waals surface area contributed by atoms with Gasteiger partial charge in [0.15, 0.2) is 0 Å². The van der Waals surface area contributed by atoms with E-state index in [2.05, 4.69) is 4.90 Å². The topological polar surface area (TPSA) is 49.8 Å². The van der Waals surface area contributed by atoms with E-state index in [9.17, 15) is 4.79 Å². The maximum Gasteiger partial charge on any atom is 0.335 e. The molecule has 21 heavy (non-hydrogen) atoms. The molecule has 0 aliphatic carbocycles.